The van der Waals surface area contributed by atoms with Crippen LogP contribution in [0.25, 0.3) is 0 Å². The van der Waals surface area contributed by atoms with Crippen LogP contribution in [0.2, 0.25) is 10.0 Å². The van der Waals surface area contributed by atoms with Gasteiger partial charge in [0, 0.05) is 35.6 Å². The van der Waals surface area contributed by atoms with Crippen molar-refractivity contribution in [1.82, 2.24) is 9.21 Å². The number of aliphatic carboxylic acids is 1. The Kier molecular flexibility index (Phi) is 8.48. The second-order valence-electron chi connectivity index (χ2n) is 10.9. The molecule has 38 heavy (non-hydrogen) atoms. The zero-order chi connectivity index (χ0) is 27.8. The minimum atomic E-state index is -3.35. The maximum atomic E-state index is 14.2. The number of likely N-dealkylation sites (tertiary alicyclic amines) is 1. The van der Waals surface area contributed by atoms with E-state index < -0.39 is 27.4 Å². The lowest BCUT2D eigenvalue weighted by Crippen LogP contribution is -2.56. The van der Waals surface area contributed by atoms with Crippen LogP contribution < -0.4 is 0 Å². The zero-order valence-electron chi connectivity index (χ0n) is 21.8. The fourth-order valence-corrected chi connectivity index (χ4v) is 7.54. The fourth-order valence-electron chi connectivity index (χ4n) is 5.62. The van der Waals surface area contributed by atoms with Gasteiger partial charge in [-0.2, -0.15) is 0 Å². The lowest BCUT2D eigenvalue weighted by atomic mass is 9.67. The average molecular weight is 582 g/mol. The van der Waals surface area contributed by atoms with E-state index in [9.17, 15) is 23.1 Å². The number of carbonyl (C=O) groups is 2. The molecule has 2 aromatic rings. The first kappa shape index (κ1) is 28.9. The molecule has 4 atom stereocenters. The van der Waals surface area contributed by atoms with Gasteiger partial charge in [0.2, 0.25) is 15.9 Å². The van der Waals surface area contributed by atoms with Crippen molar-refractivity contribution in [3.8, 4) is 0 Å². The number of rotatable bonds is 10. The molecular formula is C28H34Cl2N2O5S. The molecule has 0 radical (unpaired) electrons. The number of nitrogens with zero attached hydrogens (tertiary/aromatic N) is 2. The number of hydrogen-bond donors (Lipinski definition) is 1. The van der Waals surface area contributed by atoms with E-state index in [4.69, 9.17) is 23.2 Å². The van der Waals surface area contributed by atoms with Gasteiger partial charge in [-0.25, -0.2) is 12.7 Å². The van der Waals surface area contributed by atoms with Gasteiger partial charge < -0.3 is 10.0 Å². The molecule has 1 saturated carbocycles. The average Bonchev–Trinajstić information content (AvgIpc) is 3.70. The molecule has 10 heteroatoms. The third-order valence-corrected chi connectivity index (χ3v) is 10.7. The van der Waals surface area contributed by atoms with Gasteiger partial charge in [0.25, 0.3) is 0 Å². The monoisotopic (exact) mass is 580 g/mol. The summed E-state index contributed by atoms with van der Waals surface area (Å²) in [4.78, 5) is 27.8. The Morgan fingerprint density at radius 3 is 2.37 bits per heavy atom. The predicted molar refractivity (Wildman–Crippen MR) is 149 cm³/mol. The molecule has 1 heterocycles. The highest BCUT2D eigenvalue weighted by molar-refractivity contribution is 7.90. The summed E-state index contributed by atoms with van der Waals surface area (Å²) in [6.45, 7) is 3.87. The molecule has 2 aliphatic rings. The fraction of sp³-hybridized carbons (Fsp3) is 0.500. The van der Waals surface area contributed by atoms with Crippen molar-refractivity contribution in [2.75, 3.05) is 13.6 Å². The summed E-state index contributed by atoms with van der Waals surface area (Å²) in [6, 6.07) is 14.0. The highest BCUT2D eigenvalue weighted by Crippen LogP contribution is 2.52. The minimum Gasteiger partial charge on any atom is -0.481 e. The van der Waals surface area contributed by atoms with Crippen LogP contribution in [0, 0.1) is 5.41 Å². The first-order chi connectivity index (χ1) is 17.8. The van der Waals surface area contributed by atoms with Crippen molar-refractivity contribution in [3.63, 3.8) is 0 Å². The Labute approximate surface area is 234 Å². The topological polar surface area (TPSA) is 95.0 Å². The number of hydrogen-bond acceptors (Lipinski definition) is 4. The smallest absolute Gasteiger partial charge is 0.304 e. The summed E-state index contributed by atoms with van der Waals surface area (Å²) < 4.78 is 26.8. The van der Waals surface area contributed by atoms with Crippen LogP contribution in [0.4, 0.5) is 0 Å². The number of amides is 1. The zero-order valence-corrected chi connectivity index (χ0v) is 24.1. The molecular weight excluding hydrogens is 547 g/mol. The van der Waals surface area contributed by atoms with Crippen LogP contribution in [-0.2, 0) is 19.6 Å². The molecule has 7 nitrogen and oxygen atoms in total. The molecule has 2 fully saturated rings. The second kappa shape index (κ2) is 11.2. The third-order valence-electron chi connectivity index (χ3n) is 7.85. The third kappa shape index (κ3) is 6.03. The number of piperidine rings is 1. The Morgan fingerprint density at radius 2 is 1.79 bits per heavy atom. The van der Waals surface area contributed by atoms with Crippen molar-refractivity contribution < 1.29 is 23.1 Å². The molecule has 1 saturated heterocycles. The molecule has 4 rings (SSSR count). The number of benzene rings is 2. The largest absolute Gasteiger partial charge is 0.481 e. The van der Waals surface area contributed by atoms with E-state index in [-0.39, 0.29) is 36.1 Å². The molecule has 0 spiro atoms. The Hall–Kier alpha value is -2.13. The molecule has 1 N–H and O–H groups in total. The predicted octanol–water partition coefficient (Wildman–Crippen LogP) is 5.73. The quantitative estimate of drug-likeness (QED) is 0.387. The Morgan fingerprint density at radius 1 is 1.13 bits per heavy atom. The van der Waals surface area contributed by atoms with Gasteiger partial charge in [-0.1, -0.05) is 54.4 Å². The highest BCUT2D eigenvalue weighted by atomic mass is 35.5. The first-order valence-corrected chi connectivity index (χ1v) is 15.1. The van der Waals surface area contributed by atoms with Gasteiger partial charge in [-0.15, -0.1) is 0 Å². The molecule has 2 aromatic carbocycles. The molecule has 1 aliphatic carbocycles. The van der Waals surface area contributed by atoms with Crippen molar-refractivity contribution in [2.45, 2.75) is 69.2 Å². The van der Waals surface area contributed by atoms with Crippen LogP contribution in [0.15, 0.2) is 48.5 Å². The van der Waals surface area contributed by atoms with Gasteiger partial charge in [0.15, 0.2) is 0 Å². The van der Waals surface area contributed by atoms with Crippen molar-refractivity contribution in [2.24, 2.45) is 5.41 Å². The summed E-state index contributed by atoms with van der Waals surface area (Å²) in [5.74, 6) is -1.54. The van der Waals surface area contributed by atoms with E-state index >= 15 is 0 Å². The van der Waals surface area contributed by atoms with E-state index in [1.54, 1.807) is 37.1 Å². The lowest BCUT2D eigenvalue weighted by Gasteiger charge is -2.51. The Balaban J connectivity index is 1.76. The van der Waals surface area contributed by atoms with Crippen LogP contribution in [-0.4, -0.2) is 59.5 Å². The first-order valence-electron chi connectivity index (χ1n) is 12.8. The van der Waals surface area contributed by atoms with Gasteiger partial charge >= 0.3 is 5.97 Å². The maximum Gasteiger partial charge on any atom is 0.304 e. The van der Waals surface area contributed by atoms with E-state index in [0.717, 1.165) is 11.1 Å². The van der Waals surface area contributed by atoms with Gasteiger partial charge in [-0.05, 0) is 68.0 Å². The highest BCUT2D eigenvalue weighted by Gasteiger charge is 2.52. The maximum absolute atomic E-state index is 14.2. The SMILES string of the molecule is C[C@@H](CCN(C)S(=O)(=O)C1CC1)N1C(=O)[C@@](C)(CC(=O)O)C[C@H](c2cccc(Cl)c2)[C@H]1c1ccc(Cl)cc1. The van der Waals surface area contributed by atoms with Gasteiger partial charge in [0.05, 0.1) is 23.1 Å². The summed E-state index contributed by atoms with van der Waals surface area (Å²) in [5, 5.41) is 10.5. The van der Waals surface area contributed by atoms with Crippen molar-refractivity contribution in [3.05, 3.63) is 69.7 Å². The van der Waals surface area contributed by atoms with Crippen molar-refractivity contribution >= 4 is 45.1 Å². The molecule has 1 aliphatic heterocycles. The van der Waals surface area contributed by atoms with Gasteiger partial charge in [-0.3, -0.25) is 9.59 Å². The van der Waals surface area contributed by atoms with Crippen LogP contribution in [0.3, 0.4) is 0 Å². The van der Waals surface area contributed by atoms with E-state index in [0.29, 0.717) is 35.7 Å². The van der Waals surface area contributed by atoms with Crippen LogP contribution >= 0.6 is 23.2 Å². The summed E-state index contributed by atoms with van der Waals surface area (Å²) in [5.41, 5.74) is 0.630. The number of carboxylic acids is 1. The summed E-state index contributed by atoms with van der Waals surface area (Å²) >= 11 is 12.6. The number of sulfonamides is 1. The molecule has 206 valence electrons. The number of carbonyl (C=O) groups excluding carboxylic acids is 1. The molecule has 0 unspecified atom stereocenters. The standard InChI is InChI=1S/C28H34Cl2N2O5S/c1-18(13-14-31(3)38(36,37)23-11-12-23)32-26(19-7-9-21(29)10-8-19)24(20-5-4-6-22(30)15-20)16-28(2,27(32)35)17-25(33)34/h4-10,15,18,23-24,26H,11-14,16-17H2,1-3H3,(H,33,34)/t18-,24+,26+,28+/m0/s1. The summed E-state index contributed by atoms with van der Waals surface area (Å²) in [7, 11) is -1.77. The molecule has 0 aromatic heterocycles. The minimum absolute atomic E-state index is 0.243. The second-order valence-corrected chi connectivity index (χ2v) is 14.1. The normalized spacial score (nSPS) is 25.0. The van der Waals surface area contributed by atoms with Gasteiger partial charge in [0.1, 0.15) is 0 Å². The van der Waals surface area contributed by atoms with Crippen LogP contribution in [0.1, 0.15) is 69.0 Å². The lowest BCUT2D eigenvalue weighted by molar-refractivity contribution is -0.160. The van der Waals surface area contributed by atoms with E-state index in [1.165, 1.54) is 4.31 Å². The van der Waals surface area contributed by atoms with Crippen molar-refractivity contribution in [1.29, 1.82) is 0 Å². The molecule has 1 amide bonds. The van der Waals surface area contributed by atoms with Crippen LogP contribution in [0.5, 0.6) is 0 Å². The van der Waals surface area contributed by atoms with E-state index in [1.807, 2.05) is 37.3 Å². The number of halogens is 2. The summed E-state index contributed by atoms with van der Waals surface area (Å²) in [6.07, 6.45) is 1.78. The Bertz CT molecular complexity index is 1300. The molecule has 0 bridgehead atoms. The van der Waals surface area contributed by atoms with E-state index in [2.05, 4.69) is 0 Å². The number of carboxylic acid groups (broad SMARTS) is 1.